The molecule has 0 fully saturated rings. The normalized spacial score (nSPS) is 10.7. The minimum absolute atomic E-state index is 0.515. The lowest BCUT2D eigenvalue weighted by Crippen LogP contribution is -2.04. The molecule has 0 bridgehead atoms. The minimum atomic E-state index is 0.515. The first kappa shape index (κ1) is 15.0. The Hall–Kier alpha value is -2.93. The SMILES string of the molecule is CC(C)c1ccc(-c2cnnn2Cc2cccc(C#N)c2)cc1. The summed E-state index contributed by atoms with van der Waals surface area (Å²) in [6.45, 7) is 4.96. The van der Waals surface area contributed by atoms with E-state index >= 15 is 0 Å². The van der Waals surface area contributed by atoms with Crippen LogP contribution in [0, 0.1) is 11.3 Å². The van der Waals surface area contributed by atoms with Gasteiger partial charge < -0.3 is 0 Å². The summed E-state index contributed by atoms with van der Waals surface area (Å²) < 4.78 is 1.86. The Morgan fingerprint density at radius 3 is 2.61 bits per heavy atom. The van der Waals surface area contributed by atoms with Gasteiger partial charge in [-0.15, -0.1) is 5.10 Å². The number of hydrogen-bond donors (Lipinski definition) is 0. The third-order valence-corrected chi connectivity index (χ3v) is 3.88. The van der Waals surface area contributed by atoms with Gasteiger partial charge in [-0.2, -0.15) is 5.26 Å². The van der Waals surface area contributed by atoms with Crippen molar-refractivity contribution < 1.29 is 0 Å². The van der Waals surface area contributed by atoms with E-state index in [0.29, 0.717) is 18.0 Å². The Bertz CT molecular complexity index is 838. The first-order valence-electron chi connectivity index (χ1n) is 7.65. The maximum absolute atomic E-state index is 9.01. The standard InChI is InChI=1S/C19H18N4/c1-14(2)17-6-8-18(9-7-17)19-12-21-22-23(19)13-16-5-3-4-15(10-16)11-20/h3-10,12,14H,13H2,1-2H3. The van der Waals surface area contributed by atoms with Crippen LogP contribution in [0.2, 0.25) is 0 Å². The Morgan fingerprint density at radius 2 is 1.91 bits per heavy atom. The minimum Gasteiger partial charge on any atom is -0.240 e. The zero-order valence-electron chi connectivity index (χ0n) is 13.3. The van der Waals surface area contributed by atoms with Gasteiger partial charge in [0.25, 0.3) is 0 Å². The van der Waals surface area contributed by atoms with Gasteiger partial charge in [-0.05, 0) is 29.2 Å². The van der Waals surface area contributed by atoms with Crippen LogP contribution in [0.4, 0.5) is 0 Å². The van der Waals surface area contributed by atoms with Gasteiger partial charge in [0.2, 0.25) is 0 Å². The lowest BCUT2D eigenvalue weighted by atomic mass is 10.0. The van der Waals surface area contributed by atoms with Crippen molar-refractivity contribution in [3.8, 4) is 17.3 Å². The Morgan fingerprint density at radius 1 is 1.13 bits per heavy atom. The zero-order chi connectivity index (χ0) is 16.2. The van der Waals surface area contributed by atoms with E-state index in [2.05, 4.69) is 54.5 Å². The topological polar surface area (TPSA) is 54.5 Å². The Balaban J connectivity index is 1.88. The van der Waals surface area contributed by atoms with E-state index < -0.39 is 0 Å². The molecule has 0 saturated carbocycles. The number of aromatic nitrogens is 3. The van der Waals surface area contributed by atoms with Crippen molar-refractivity contribution in [2.75, 3.05) is 0 Å². The maximum Gasteiger partial charge on any atom is 0.0991 e. The molecule has 4 nitrogen and oxygen atoms in total. The van der Waals surface area contributed by atoms with Gasteiger partial charge in [-0.25, -0.2) is 4.68 Å². The highest BCUT2D eigenvalue weighted by molar-refractivity contribution is 5.59. The molecule has 23 heavy (non-hydrogen) atoms. The van der Waals surface area contributed by atoms with Crippen molar-refractivity contribution in [1.82, 2.24) is 15.0 Å². The van der Waals surface area contributed by atoms with Gasteiger partial charge >= 0.3 is 0 Å². The highest BCUT2D eigenvalue weighted by Gasteiger charge is 2.08. The Labute approximate surface area is 136 Å². The monoisotopic (exact) mass is 302 g/mol. The second kappa shape index (κ2) is 6.45. The molecule has 0 saturated heterocycles. The van der Waals surface area contributed by atoms with Crippen LogP contribution in [-0.4, -0.2) is 15.0 Å². The molecule has 0 aliphatic carbocycles. The molecule has 0 N–H and O–H groups in total. The highest BCUT2D eigenvalue weighted by Crippen LogP contribution is 2.22. The van der Waals surface area contributed by atoms with Crippen molar-refractivity contribution in [2.45, 2.75) is 26.3 Å². The fraction of sp³-hybridized carbons (Fsp3) is 0.211. The first-order valence-corrected chi connectivity index (χ1v) is 7.65. The summed E-state index contributed by atoms with van der Waals surface area (Å²) >= 11 is 0. The summed E-state index contributed by atoms with van der Waals surface area (Å²) in [7, 11) is 0. The smallest absolute Gasteiger partial charge is 0.0991 e. The van der Waals surface area contributed by atoms with Gasteiger partial charge in [-0.3, -0.25) is 0 Å². The molecule has 0 radical (unpaired) electrons. The van der Waals surface area contributed by atoms with Gasteiger partial charge in [0.1, 0.15) is 0 Å². The predicted molar refractivity (Wildman–Crippen MR) is 89.8 cm³/mol. The van der Waals surface area contributed by atoms with Crippen LogP contribution >= 0.6 is 0 Å². The van der Waals surface area contributed by atoms with Gasteiger partial charge in [-0.1, -0.05) is 55.5 Å². The summed E-state index contributed by atoms with van der Waals surface area (Å²) in [4.78, 5) is 0. The van der Waals surface area contributed by atoms with Crippen LogP contribution in [0.25, 0.3) is 11.3 Å². The molecule has 4 heteroatoms. The average Bonchev–Trinajstić information content (AvgIpc) is 3.03. The lowest BCUT2D eigenvalue weighted by molar-refractivity contribution is 0.655. The summed E-state index contributed by atoms with van der Waals surface area (Å²) in [6, 6.07) is 18.2. The van der Waals surface area contributed by atoms with Crippen LogP contribution < -0.4 is 0 Å². The number of hydrogen-bond acceptors (Lipinski definition) is 3. The van der Waals surface area contributed by atoms with E-state index in [1.165, 1.54) is 5.56 Å². The molecule has 0 spiro atoms. The molecule has 0 unspecified atom stereocenters. The molecular weight excluding hydrogens is 284 g/mol. The highest BCUT2D eigenvalue weighted by atomic mass is 15.4. The van der Waals surface area contributed by atoms with Crippen molar-refractivity contribution in [3.05, 3.63) is 71.4 Å². The molecule has 0 amide bonds. The molecule has 0 atom stereocenters. The quantitative estimate of drug-likeness (QED) is 0.732. The number of rotatable bonds is 4. The van der Waals surface area contributed by atoms with E-state index in [1.807, 2.05) is 22.9 Å². The van der Waals surface area contributed by atoms with Crippen LogP contribution in [-0.2, 0) is 6.54 Å². The molecule has 0 aliphatic rings. The van der Waals surface area contributed by atoms with Crippen molar-refractivity contribution >= 4 is 0 Å². The molecule has 3 rings (SSSR count). The number of nitrogens with zero attached hydrogens (tertiary/aromatic N) is 4. The van der Waals surface area contributed by atoms with Gasteiger partial charge in [0.15, 0.2) is 0 Å². The fourth-order valence-corrected chi connectivity index (χ4v) is 2.55. The summed E-state index contributed by atoms with van der Waals surface area (Å²) in [5.41, 5.74) is 5.08. The molecule has 114 valence electrons. The zero-order valence-corrected chi connectivity index (χ0v) is 13.3. The van der Waals surface area contributed by atoms with Crippen LogP contribution in [0.1, 0.15) is 36.5 Å². The molecule has 1 aromatic heterocycles. The van der Waals surface area contributed by atoms with Crippen LogP contribution in [0.15, 0.2) is 54.7 Å². The second-order valence-electron chi connectivity index (χ2n) is 5.87. The summed E-state index contributed by atoms with van der Waals surface area (Å²) in [5.74, 6) is 0.515. The number of nitriles is 1. The van der Waals surface area contributed by atoms with Crippen LogP contribution in [0.3, 0.4) is 0 Å². The van der Waals surface area contributed by atoms with Crippen molar-refractivity contribution in [2.24, 2.45) is 0 Å². The maximum atomic E-state index is 9.01. The molecular formula is C19H18N4. The third kappa shape index (κ3) is 3.29. The Kier molecular flexibility index (Phi) is 4.20. The largest absolute Gasteiger partial charge is 0.240 e. The predicted octanol–water partition coefficient (Wildman–Crippen LogP) is 3.99. The average molecular weight is 302 g/mol. The molecule has 0 aliphatic heterocycles. The van der Waals surface area contributed by atoms with Crippen molar-refractivity contribution in [1.29, 1.82) is 5.26 Å². The van der Waals surface area contributed by atoms with Gasteiger partial charge in [0, 0.05) is 5.56 Å². The summed E-state index contributed by atoms with van der Waals surface area (Å²) in [5, 5.41) is 17.2. The molecule has 1 heterocycles. The lowest BCUT2D eigenvalue weighted by Gasteiger charge is -2.09. The van der Waals surface area contributed by atoms with E-state index in [0.717, 1.165) is 16.8 Å². The third-order valence-electron chi connectivity index (χ3n) is 3.88. The van der Waals surface area contributed by atoms with E-state index in [1.54, 1.807) is 12.3 Å². The summed E-state index contributed by atoms with van der Waals surface area (Å²) in [6.07, 6.45) is 1.78. The van der Waals surface area contributed by atoms with E-state index in [-0.39, 0.29) is 0 Å². The van der Waals surface area contributed by atoms with E-state index in [4.69, 9.17) is 5.26 Å². The molecule has 2 aromatic carbocycles. The van der Waals surface area contributed by atoms with Crippen molar-refractivity contribution in [3.63, 3.8) is 0 Å². The first-order chi connectivity index (χ1) is 11.2. The number of benzene rings is 2. The fourth-order valence-electron chi connectivity index (χ4n) is 2.55. The van der Waals surface area contributed by atoms with Gasteiger partial charge in [0.05, 0.1) is 30.1 Å². The van der Waals surface area contributed by atoms with Crippen LogP contribution in [0.5, 0.6) is 0 Å². The van der Waals surface area contributed by atoms with E-state index in [9.17, 15) is 0 Å². The second-order valence-corrected chi connectivity index (χ2v) is 5.87. The molecule has 3 aromatic rings.